The molecule has 0 radical (unpaired) electrons. The third kappa shape index (κ3) is 4.21. The maximum absolute atomic E-state index is 13.3. The molecule has 2 aliphatic heterocycles. The molecule has 1 fully saturated rings. The first-order valence-corrected chi connectivity index (χ1v) is 12.0. The largest absolute Gasteiger partial charge is 0.507 e. The number of aliphatic hydroxyl groups is 1. The molecule has 3 aromatic rings. The second-order valence-corrected chi connectivity index (χ2v) is 9.21. The summed E-state index contributed by atoms with van der Waals surface area (Å²) in [7, 11) is 0. The summed E-state index contributed by atoms with van der Waals surface area (Å²) in [5.41, 5.74) is 0.890. The van der Waals surface area contributed by atoms with Crippen molar-refractivity contribution in [1.29, 1.82) is 0 Å². The summed E-state index contributed by atoms with van der Waals surface area (Å²) in [5, 5.41) is 20.4. The molecule has 1 unspecified atom stereocenters. The average molecular weight is 494 g/mol. The Morgan fingerprint density at radius 2 is 1.94 bits per heavy atom. The molecular weight excluding hydrogens is 470 g/mol. The van der Waals surface area contributed by atoms with Crippen molar-refractivity contribution in [3.05, 3.63) is 64.2 Å². The molecule has 0 saturated carbocycles. The fraction of sp³-hybridized carbons (Fsp3) is 0.280. The van der Waals surface area contributed by atoms with Crippen molar-refractivity contribution in [2.24, 2.45) is 0 Å². The summed E-state index contributed by atoms with van der Waals surface area (Å²) in [6, 6.07) is 11.1. The summed E-state index contributed by atoms with van der Waals surface area (Å²) in [5.74, 6) is -0.299. The molecule has 0 bridgehead atoms. The van der Waals surface area contributed by atoms with Crippen molar-refractivity contribution in [2.45, 2.75) is 26.3 Å². The van der Waals surface area contributed by atoms with Crippen LogP contribution in [0.25, 0.3) is 5.76 Å². The van der Waals surface area contributed by atoms with Crippen molar-refractivity contribution >= 4 is 33.9 Å². The minimum absolute atomic E-state index is 0.0489. The Balaban J connectivity index is 1.66. The Kier molecular flexibility index (Phi) is 6.12. The minimum atomic E-state index is -0.916. The van der Waals surface area contributed by atoms with Gasteiger partial charge in [-0.25, -0.2) is 0 Å². The zero-order chi connectivity index (χ0) is 24.5. The summed E-state index contributed by atoms with van der Waals surface area (Å²) in [6.07, 6.45) is 0.830. The highest BCUT2D eigenvalue weighted by Crippen LogP contribution is 2.44. The minimum Gasteiger partial charge on any atom is -0.507 e. The SMILES string of the molecule is CCCOc1cccc(C2/C(=C(\O)c3ccc4c(c3)OCCO4)C(=O)C(=O)N2c2nnc(C)s2)c1. The van der Waals surface area contributed by atoms with Gasteiger partial charge < -0.3 is 19.3 Å². The summed E-state index contributed by atoms with van der Waals surface area (Å²) in [4.78, 5) is 27.8. The highest BCUT2D eigenvalue weighted by molar-refractivity contribution is 7.15. The lowest BCUT2D eigenvalue weighted by Gasteiger charge is -2.23. The fourth-order valence-corrected chi connectivity index (χ4v) is 4.78. The Hall–Kier alpha value is -3.92. The van der Waals surface area contributed by atoms with Crippen LogP contribution in [0.15, 0.2) is 48.0 Å². The van der Waals surface area contributed by atoms with E-state index in [9.17, 15) is 14.7 Å². The quantitative estimate of drug-likeness (QED) is 0.311. The maximum Gasteiger partial charge on any atom is 0.301 e. The van der Waals surface area contributed by atoms with E-state index in [0.717, 1.165) is 6.42 Å². The molecule has 35 heavy (non-hydrogen) atoms. The van der Waals surface area contributed by atoms with Crippen LogP contribution in [0.5, 0.6) is 17.2 Å². The van der Waals surface area contributed by atoms with Crippen molar-refractivity contribution in [1.82, 2.24) is 10.2 Å². The monoisotopic (exact) mass is 493 g/mol. The van der Waals surface area contributed by atoms with Gasteiger partial charge in [-0.2, -0.15) is 0 Å². The molecule has 9 nitrogen and oxygen atoms in total. The zero-order valence-corrected chi connectivity index (χ0v) is 20.0. The molecule has 1 atom stereocenters. The van der Waals surface area contributed by atoms with E-state index in [1.54, 1.807) is 49.4 Å². The first-order valence-electron chi connectivity index (χ1n) is 11.2. The number of anilines is 1. The molecule has 5 rings (SSSR count). The summed E-state index contributed by atoms with van der Waals surface area (Å²) in [6.45, 7) is 5.10. The normalized spacial score (nSPS) is 18.7. The highest BCUT2D eigenvalue weighted by Gasteiger charge is 2.48. The van der Waals surface area contributed by atoms with Gasteiger partial charge in [-0.15, -0.1) is 10.2 Å². The number of carbonyl (C=O) groups excluding carboxylic acids is 2. The zero-order valence-electron chi connectivity index (χ0n) is 19.2. The van der Waals surface area contributed by atoms with Crippen LogP contribution in [0.2, 0.25) is 0 Å². The van der Waals surface area contributed by atoms with Crippen LogP contribution in [-0.2, 0) is 9.59 Å². The van der Waals surface area contributed by atoms with Gasteiger partial charge in [0.15, 0.2) is 11.5 Å². The second kappa shape index (κ2) is 9.38. The van der Waals surface area contributed by atoms with Gasteiger partial charge in [0.25, 0.3) is 5.78 Å². The van der Waals surface area contributed by atoms with Gasteiger partial charge in [-0.1, -0.05) is 30.4 Å². The third-order valence-electron chi connectivity index (χ3n) is 5.63. The number of nitrogens with zero attached hydrogens (tertiary/aromatic N) is 3. The van der Waals surface area contributed by atoms with Crippen molar-refractivity contribution in [2.75, 3.05) is 24.7 Å². The van der Waals surface area contributed by atoms with Crippen LogP contribution in [-0.4, -0.2) is 46.8 Å². The van der Waals surface area contributed by atoms with E-state index < -0.39 is 17.7 Å². The fourth-order valence-electron chi connectivity index (χ4n) is 4.07. The number of aryl methyl sites for hydroxylation is 1. The van der Waals surface area contributed by atoms with Crippen molar-refractivity contribution < 1.29 is 28.9 Å². The van der Waals surface area contributed by atoms with Crippen molar-refractivity contribution in [3.8, 4) is 17.2 Å². The molecule has 1 saturated heterocycles. The lowest BCUT2D eigenvalue weighted by molar-refractivity contribution is -0.132. The molecule has 0 aliphatic carbocycles. The summed E-state index contributed by atoms with van der Waals surface area (Å²) < 4.78 is 17.0. The average Bonchev–Trinajstić information content (AvgIpc) is 3.42. The molecule has 10 heteroatoms. The van der Waals surface area contributed by atoms with Crippen LogP contribution in [0.3, 0.4) is 0 Å². The lowest BCUT2D eigenvalue weighted by atomic mass is 9.95. The molecule has 2 aliphatic rings. The van der Waals surface area contributed by atoms with E-state index in [-0.39, 0.29) is 16.5 Å². The Morgan fingerprint density at radius 1 is 1.14 bits per heavy atom. The number of hydrogen-bond acceptors (Lipinski definition) is 9. The van der Waals surface area contributed by atoms with E-state index in [1.165, 1.54) is 16.2 Å². The topological polar surface area (TPSA) is 111 Å². The number of hydrogen-bond donors (Lipinski definition) is 1. The molecule has 0 spiro atoms. The van der Waals surface area contributed by atoms with Gasteiger partial charge in [0.2, 0.25) is 5.13 Å². The molecule has 1 N–H and O–H groups in total. The Morgan fingerprint density at radius 3 is 2.69 bits per heavy atom. The molecule has 3 heterocycles. The molecule has 1 amide bonds. The number of fused-ring (bicyclic) bond motifs is 1. The van der Waals surface area contributed by atoms with Gasteiger partial charge in [-0.05, 0) is 49.2 Å². The standard InChI is InChI=1S/C25H23N3O6S/c1-3-9-32-17-6-4-5-15(12-17)21-20(23(30)24(31)28(21)25-27-26-14(2)35-25)22(29)16-7-8-18-19(13-16)34-11-10-33-18/h4-8,12-13,21,29H,3,9-11H2,1-2H3/b22-20+. The molecular formula is C25H23N3O6S. The maximum atomic E-state index is 13.3. The number of amides is 1. The first-order chi connectivity index (χ1) is 17.0. The van der Waals surface area contributed by atoms with E-state index in [2.05, 4.69) is 10.2 Å². The van der Waals surface area contributed by atoms with Gasteiger partial charge in [0.1, 0.15) is 29.7 Å². The van der Waals surface area contributed by atoms with Crippen molar-refractivity contribution in [3.63, 3.8) is 0 Å². The van der Waals surface area contributed by atoms with Crippen LogP contribution in [0.4, 0.5) is 5.13 Å². The number of carbonyl (C=O) groups is 2. The smallest absolute Gasteiger partial charge is 0.301 e. The third-order valence-corrected chi connectivity index (χ3v) is 6.47. The van der Waals surface area contributed by atoms with Gasteiger partial charge in [0, 0.05) is 5.56 Å². The number of rotatable bonds is 6. The van der Waals surface area contributed by atoms with Crippen LogP contribution >= 0.6 is 11.3 Å². The van der Waals surface area contributed by atoms with E-state index in [4.69, 9.17) is 14.2 Å². The first kappa shape index (κ1) is 22.9. The highest BCUT2D eigenvalue weighted by atomic mass is 32.1. The van der Waals surface area contributed by atoms with E-state index in [0.29, 0.717) is 53.2 Å². The Labute approximate surface area is 205 Å². The number of benzene rings is 2. The number of Topliss-reactive ketones (excluding diaryl/α,β-unsaturated/α-hetero) is 1. The van der Waals surface area contributed by atoms with Crippen LogP contribution < -0.4 is 19.1 Å². The van der Waals surface area contributed by atoms with E-state index >= 15 is 0 Å². The molecule has 2 aromatic carbocycles. The summed E-state index contributed by atoms with van der Waals surface area (Å²) >= 11 is 1.19. The Bertz CT molecular complexity index is 1330. The van der Waals surface area contributed by atoms with Gasteiger partial charge in [0.05, 0.1) is 18.2 Å². The lowest BCUT2D eigenvalue weighted by Crippen LogP contribution is -2.29. The van der Waals surface area contributed by atoms with Gasteiger partial charge in [-0.3, -0.25) is 14.5 Å². The predicted molar refractivity (Wildman–Crippen MR) is 129 cm³/mol. The second-order valence-electron chi connectivity index (χ2n) is 8.05. The molecule has 1 aromatic heterocycles. The molecule has 180 valence electrons. The predicted octanol–water partition coefficient (Wildman–Crippen LogP) is 4.03. The number of ketones is 1. The van der Waals surface area contributed by atoms with Crippen LogP contribution in [0, 0.1) is 6.92 Å². The van der Waals surface area contributed by atoms with E-state index in [1.807, 2.05) is 6.92 Å². The number of ether oxygens (including phenoxy) is 3. The van der Waals surface area contributed by atoms with Gasteiger partial charge >= 0.3 is 5.91 Å². The van der Waals surface area contributed by atoms with Crippen LogP contribution in [0.1, 0.15) is 35.5 Å². The number of aliphatic hydroxyl groups excluding tert-OH is 1. The number of aromatic nitrogens is 2.